The van der Waals surface area contributed by atoms with Crippen LogP contribution in [-0.4, -0.2) is 16.9 Å². The Bertz CT molecular complexity index is 168. The summed E-state index contributed by atoms with van der Waals surface area (Å²) in [6, 6.07) is -0.208. The van der Waals surface area contributed by atoms with Crippen molar-refractivity contribution in [2.24, 2.45) is 11.7 Å². The first-order chi connectivity index (χ1) is 4.95. The van der Waals surface area contributed by atoms with Crippen molar-refractivity contribution in [3.63, 3.8) is 0 Å². The van der Waals surface area contributed by atoms with Crippen LogP contribution in [0.1, 0.15) is 20.8 Å². The maximum atomic E-state index is 11.0. The fourth-order valence-corrected chi connectivity index (χ4v) is 0.510. The molecule has 3 nitrogen and oxygen atoms in total. The van der Waals surface area contributed by atoms with Crippen LogP contribution in [0.4, 0.5) is 0 Å². The molecule has 0 fully saturated rings. The van der Waals surface area contributed by atoms with Gasteiger partial charge in [0, 0.05) is 5.92 Å². The van der Waals surface area contributed by atoms with E-state index >= 15 is 0 Å². The van der Waals surface area contributed by atoms with E-state index in [1.807, 2.05) is 13.8 Å². The van der Waals surface area contributed by atoms with Crippen LogP contribution in [0.5, 0.6) is 0 Å². The molecule has 1 amide bonds. The molecule has 0 spiro atoms. The van der Waals surface area contributed by atoms with Crippen molar-refractivity contribution in [2.45, 2.75) is 26.8 Å². The largest absolute Gasteiger partial charge is 0.392 e. The number of hydrogen-bond acceptors (Lipinski definition) is 2. The molecule has 0 aromatic carbocycles. The highest BCUT2D eigenvalue weighted by Gasteiger charge is 2.11. The molecule has 3 N–H and O–H groups in total. The van der Waals surface area contributed by atoms with Crippen molar-refractivity contribution in [1.29, 1.82) is 0 Å². The molecule has 0 radical (unpaired) electrons. The Balaban J connectivity index is 3.85. The lowest BCUT2D eigenvalue weighted by molar-refractivity contribution is -0.124. The number of amides is 1. The minimum Gasteiger partial charge on any atom is -0.392 e. The predicted molar refractivity (Wildman–Crippen MR) is 49.2 cm³/mol. The molecule has 1 atom stereocenters. The number of rotatable bonds is 3. The van der Waals surface area contributed by atoms with Crippen LogP contribution in [-0.2, 0) is 4.79 Å². The molecule has 0 saturated carbocycles. The van der Waals surface area contributed by atoms with Crippen LogP contribution < -0.4 is 11.1 Å². The third-order valence-corrected chi connectivity index (χ3v) is 1.66. The van der Waals surface area contributed by atoms with Gasteiger partial charge in [-0.05, 0) is 6.92 Å². The molecule has 4 heteroatoms. The lowest BCUT2D eigenvalue weighted by atomic mass is 10.2. The molecule has 0 aliphatic heterocycles. The highest BCUT2D eigenvalue weighted by molar-refractivity contribution is 7.80. The summed E-state index contributed by atoms with van der Waals surface area (Å²) >= 11 is 4.69. The fraction of sp³-hybridized carbons (Fsp3) is 0.714. The Morgan fingerprint density at radius 2 is 1.91 bits per heavy atom. The molecule has 0 aromatic heterocycles. The average Bonchev–Trinajstić information content (AvgIpc) is 1.87. The van der Waals surface area contributed by atoms with Crippen LogP contribution >= 0.6 is 12.2 Å². The Hall–Kier alpha value is -0.640. The first kappa shape index (κ1) is 10.4. The summed E-state index contributed by atoms with van der Waals surface area (Å²) in [4.78, 5) is 11.3. The number of nitrogens with two attached hydrogens (primary N) is 1. The average molecular weight is 174 g/mol. The van der Waals surface area contributed by atoms with Gasteiger partial charge in [-0.25, -0.2) is 0 Å². The van der Waals surface area contributed by atoms with Gasteiger partial charge in [-0.15, -0.1) is 0 Å². The quantitative estimate of drug-likeness (QED) is 0.610. The van der Waals surface area contributed by atoms with E-state index in [2.05, 4.69) is 17.5 Å². The molecule has 64 valence electrons. The highest BCUT2D eigenvalue weighted by Crippen LogP contribution is 1.92. The number of carbonyl (C=O) groups excluding carboxylic acids is 1. The molecular formula is C7H14N2OS. The summed E-state index contributed by atoms with van der Waals surface area (Å²) in [6.45, 7) is 5.41. The van der Waals surface area contributed by atoms with Gasteiger partial charge in [0.25, 0.3) is 0 Å². The summed E-state index contributed by atoms with van der Waals surface area (Å²) in [5.41, 5.74) is 5.30. The molecule has 0 saturated heterocycles. The number of nitrogens with one attached hydrogen (secondary N) is 1. The van der Waals surface area contributed by atoms with Crippen LogP contribution in [0, 0.1) is 5.92 Å². The number of hydrogen-bond donors (Lipinski definition) is 2. The van der Waals surface area contributed by atoms with Crippen molar-refractivity contribution in [1.82, 2.24) is 5.32 Å². The van der Waals surface area contributed by atoms with E-state index in [9.17, 15) is 4.79 Å². The van der Waals surface area contributed by atoms with Gasteiger partial charge in [-0.2, -0.15) is 0 Å². The molecule has 0 heterocycles. The van der Waals surface area contributed by atoms with E-state index < -0.39 is 0 Å². The van der Waals surface area contributed by atoms with E-state index in [1.54, 1.807) is 6.92 Å². The number of carbonyl (C=O) groups is 1. The summed E-state index contributed by atoms with van der Waals surface area (Å²) in [7, 11) is 0. The Kier molecular flexibility index (Phi) is 4.03. The minimum atomic E-state index is -0.208. The molecule has 0 aromatic rings. The first-order valence-electron chi connectivity index (χ1n) is 3.54. The van der Waals surface area contributed by atoms with Gasteiger partial charge < -0.3 is 11.1 Å². The van der Waals surface area contributed by atoms with Gasteiger partial charge in [-0.3, -0.25) is 4.79 Å². The van der Waals surface area contributed by atoms with Gasteiger partial charge in [0.1, 0.15) is 0 Å². The maximum absolute atomic E-state index is 11.0. The van der Waals surface area contributed by atoms with Crippen molar-refractivity contribution in [3.8, 4) is 0 Å². The van der Waals surface area contributed by atoms with Gasteiger partial charge in [0.15, 0.2) is 0 Å². The van der Waals surface area contributed by atoms with Crippen LogP contribution in [0.3, 0.4) is 0 Å². The maximum Gasteiger partial charge on any atom is 0.223 e. The lowest BCUT2D eigenvalue weighted by Gasteiger charge is -2.13. The zero-order chi connectivity index (χ0) is 9.02. The zero-order valence-corrected chi connectivity index (χ0v) is 7.87. The molecule has 0 rings (SSSR count). The van der Waals surface area contributed by atoms with Crippen molar-refractivity contribution >= 4 is 23.1 Å². The normalized spacial score (nSPS) is 12.7. The third kappa shape index (κ3) is 3.93. The molecular weight excluding hydrogens is 160 g/mol. The summed E-state index contributed by atoms with van der Waals surface area (Å²) in [6.07, 6.45) is 0. The van der Waals surface area contributed by atoms with Crippen molar-refractivity contribution in [3.05, 3.63) is 0 Å². The second-order valence-corrected chi connectivity index (χ2v) is 3.26. The second kappa shape index (κ2) is 4.28. The van der Waals surface area contributed by atoms with Crippen molar-refractivity contribution < 1.29 is 4.79 Å². The Labute approximate surface area is 72.3 Å². The van der Waals surface area contributed by atoms with E-state index in [0.717, 1.165) is 0 Å². The molecule has 1 unspecified atom stereocenters. The highest BCUT2D eigenvalue weighted by atomic mass is 32.1. The molecule has 0 bridgehead atoms. The van der Waals surface area contributed by atoms with Gasteiger partial charge in [0.05, 0.1) is 11.0 Å². The SMILES string of the molecule is CC(C)C(=O)NC(C)C(N)=S. The van der Waals surface area contributed by atoms with Crippen LogP contribution in [0.2, 0.25) is 0 Å². The standard InChI is InChI=1S/C7H14N2OS/c1-4(2)7(10)9-5(3)6(8)11/h4-5H,1-3H3,(H2,8,11)(H,9,10). The summed E-state index contributed by atoms with van der Waals surface area (Å²) in [5.74, 6) is -0.0444. The van der Waals surface area contributed by atoms with E-state index in [-0.39, 0.29) is 17.9 Å². The van der Waals surface area contributed by atoms with Gasteiger partial charge >= 0.3 is 0 Å². The van der Waals surface area contributed by atoms with Crippen LogP contribution in [0.15, 0.2) is 0 Å². The summed E-state index contributed by atoms with van der Waals surface area (Å²) in [5, 5.41) is 2.67. The van der Waals surface area contributed by atoms with Crippen molar-refractivity contribution in [2.75, 3.05) is 0 Å². The fourth-order valence-electron chi connectivity index (χ4n) is 0.451. The Morgan fingerprint density at radius 3 is 2.18 bits per heavy atom. The molecule has 0 aliphatic carbocycles. The Morgan fingerprint density at radius 1 is 1.45 bits per heavy atom. The lowest BCUT2D eigenvalue weighted by Crippen LogP contribution is -2.42. The van der Waals surface area contributed by atoms with E-state index in [0.29, 0.717) is 4.99 Å². The van der Waals surface area contributed by atoms with Crippen LogP contribution in [0.25, 0.3) is 0 Å². The molecule has 11 heavy (non-hydrogen) atoms. The smallest absolute Gasteiger partial charge is 0.223 e. The third-order valence-electron chi connectivity index (χ3n) is 1.31. The zero-order valence-electron chi connectivity index (χ0n) is 7.05. The molecule has 0 aliphatic rings. The van der Waals surface area contributed by atoms with Gasteiger partial charge in [0.2, 0.25) is 5.91 Å². The van der Waals surface area contributed by atoms with Gasteiger partial charge in [-0.1, -0.05) is 26.1 Å². The summed E-state index contributed by atoms with van der Waals surface area (Å²) < 4.78 is 0. The van der Waals surface area contributed by atoms with E-state index in [1.165, 1.54) is 0 Å². The second-order valence-electron chi connectivity index (χ2n) is 2.79. The topological polar surface area (TPSA) is 55.1 Å². The predicted octanol–water partition coefficient (Wildman–Crippen LogP) is 0.433. The first-order valence-corrected chi connectivity index (χ1v) is 3.95. The minimum absolute atomic E-state index is 0.0215. The number of thiocarbonyl (C=S) groups is 1. The van der Waals surface area contributed by atoms with E-state index in [4.69, 9.17) is 5.73 Å². The monoisotopic (exact) mass is 174 g/mol.